The molecule has 21 heavy (non-hydrogen) atoms. The summed E-state index contributed by atoms with van der Waals surface area (Å²) in [5.74, 6) is 2.21. The van der Waals surface area contributed by atoms with Gasteiger partial charge in [0.05, 0.1) is 0 Å². The van der Waals surface area contributed by atoms with E-state index in [1.807, 2.05) is 11.8 Å². The van der Waals surface area contributed by atoms with Crippen molar-refractivity contribution in [3.8, 4) is 5.88 Å². The number of carbonyl (C=O) groups excluding carboxylic acids is 1. The Kier molecular flexibility index (Phi) is 4.35. The first-order valence-corrected chi connectivity index (χ1v) is 7.89. The van der Waals surface area contributed by atoms with E-state index in [4.69, 9.17) is 4.74 Å². The lowest BCUT2D eigenvalue weighted by molar-refractivity contribution is 0.101. The molecule has 1 atom stereocenters. The van der Waals surface area contributed by atoms with E-state index in [0.717, 1.165) is 17.9 Å². The lowest BCUT2D eigenvalue weighted by atomic mass is 10.2. The van der Waals surface area contributed by atoms with Crippen molar-refractivity contribution in [2.24, 2.45) is 0 Å². The molecule has 1 fully saturated rings. The number of nitrogens with zero attached hydrogens (tertiary/aromatic N) is 2. The largest absolute Gasteiger partial charge is 0.473 e. The Labute approximate surface area is 127 Å². The SMILES string of the molecule is O=C(Nc1ccncc1)c1cccnc1OC1CCSC1. The van der Waals surface area contributed by atoms with Crippen LogP contribution >= 0.6 is 11.8 Å². The molecule has 3 rings (SSSR count). The number of ether oxygens (including phenoxy) is 1. The Morgan fingerprint density at radius 2 is 2.14 bits per heavy atom. The fourth-order valence-corrected chi connectivity index (χ4v) is 3.15. The van der Waals surface area contributed by atoms with E-state index in [-0.39, 0.29) is 12.0 Å². The average Bonchev–Trinajstić information content (AvgIpc) is 3.02. The Balaban J connectivity index is 1.76. The van der Waals surface area contributed by atoms with Gasteiger partial charge in [-0.05, 0) is 36.4 Å². The topological polar surface area (TPSA) is 64.1 Å². The summed E-state index contributed by atoms with van der Waals surface area (Å²) in [7, 11) is 0. The molecule has 5 nitrogen and oxygen atoms in total. The van der Waals surface area contributed by atoms with Crippen LogP contribution in [0.2, 0.25) is 0 Å². The summed E-state index contributed by atoms with van der Waals surface area (Å²) in [6.45, 7) is 0. The molecule has 1 unspecified atom stereocenters. The maximum Gasteiger partial charge on any atom is 0.261 e. The van der Waals surface area contributed by atoms with Gasteiger partial charge in [0.2, 0.25) is 5.88 Å². The van der Waals surface area contributed by atoms with Crippen molar-refractivity contribution in [2.75, 3.05) is 16.8 Å². The molecule has 0 bridgehead atoms. The van der Waals surface area contributed by atoms with Crippen LogP contribution in [0.1, 0.15) is 16.8 Å². The second-order valence-corrected chi connectivity index (χ2v) is 5.80. The molecule has 1 aliphatic rings. The van der Waals surface area contributed by atoms with Gasteiger partial charge in [0.15, 0.2) is 0 Å². The van der Waals surface area contributed by atoms with E-state index in [9.17, 15) is 4.79 Å². The van der Waals surface area contributed by atoms with Crippen molar-refractivity contribution < 1.29 is 9.53 Å². The number of carbonyl (C=O) groups is 1. The first-order chi connectivity index (χ1) is 10.3. The molecule has 0 spiro atoms. The summed E-state index contributed by atoms with van der Waals surface area (Å²) in [6.07, 6.45) is 6.03. The molecule has 1 amide bonds. The third-order valence-electron chi connectivity index (χ3n) is 3.12. The van der Waals surface area contributed by atoms with Gasteiger partial charge in [-0.2, -0.15) is 11.8 Å². The van der Waals surface area contributed by atoms with Crippen LogP contribution in [-0.2, 0) is 0 Å². The number of hydrogen-bond donors (Lipinski definition) is 1. The maximum absolute atomic E-state index is 12.4. The molecule has 108 valence electrons. The number of hydrogen-bond acceptors (Lipinski definition) is 5. The summed E-state index contributed by atoms with van der Waals surface area (Å²) in [5.41, 5.74) is 1.15. The molecule has 1 aliphatic heterocycles. The smallest absolute Gasteiger partial charge is 0.261 e. The molecule has 0 saturated carbocycles. The third-order valence-corrected chi connectivity index (χ3v) is 4.25. The molecule has 3 heterocycles. The number of thioether (sulfide) groups is 1. The molecular formula is C15H15N3O2S. The van der Waals surface area contributed by atoms with Crippen LogP contribution in [0.25, 0.3) is 0 Å². The first-order valence-electron chi connectivity index (χ1n) is 6.74. The van der Waals surface area contributed by atoms with Crippen molar-refractivity contribution in [3.05, 3.63) is 48.4 Å². The second-order valence-electron chi connectivity index (χ2n) is 4.65. The zero-order valence-electron chi connectivity index (χ0n) is 11.4. The van der Waals surface area contributed by atoms with Crippen LogP contribution < -0.4 is 10.1 Å². The van der Waals surface area contributed by atoms with Gasteiger partial charge in [0, 0.05) is 30.0 Å². The highest BCUT2D eigenvalue weighted by molar-refractivity contribution is 7.99. The highest BCUT2D eigenvalue weighted by atomic mass is 32.2. The third kappa shape index (κ3) is 3.52. The van der Waals surface area contributed by atoms with Crippen molar-refractivity contribution in [2.45, 2.75) is 12.5 Å². The average molecular weight is 301 g/mol. The van der Waals surface area contributed by atoms with Gasteiger partial charge < -0.3 is 10.1 Å². The quantitative estimate of drug-likeness (QED) is 0.940. The van der Waals surface area contributed by atoms with Crippen LogP contribution in [0.5, 0.6) is 5.88 Å². The van der Waals surface area contributed by atoms with Crippen molar-refractivity contribution in [1.82, 2.24) is 9.97 Å². The van der Waals surface area contributed by atoms with E-state index >= 15 is 0 Å². The zero-order valence-corrected chi connectivity index (χ0v) is 12.2. The maximum atomic E-state index is 12.4. The van der Waals surface area contributed by atoms with Gasteiger partial charge in [-0.15, -0.1) is 0 Å². The Bertz CT molecular complexity index is 615. The van der Waals surface area contributed by atoms with Gasteiger partial charge in [-0.25, -0.2) is 4.98 Å². The Hall–Kier alpha value is -2.08. The van der Waals surface area contributed by atoms with Crippen molar-refractivity contribution >= 4 is 23.4 Å². The fraction of sp³-hybridized carbons (Fsp3) is 0.267. The van der Waals surface area contributed by atoms with Gasteiger partial charge in [-0.1, -0.05) is 0 Å². The minimum atomic E-state index is -0.227. The highest BCUT2D eigenvalue weighted by Crippen LogP contribution is 2.24. The molecule has 1 N–H and O–H groups in total. The molecule has 0 aliphatic carbocycles. The summed E-state index contributed by atoms with van der Waals surface area (Å²) in [5, 5.41) is 2.82. The standard InChI is InChI=1S/C15H15N3O2S/c19-14(18-11-3-7-16-8-4-11)13-2-1-6-17-15(13)20-12-5-9-21-10-12/h1-4,6-8,12H,5,9-10H2,(H,16,18,19). The fourth-order valence-electron chi connectivity index (χ4n) is 2.05. The Morgan fingerprint density at radius 1 is 1.29 bits per heavy atom. The van der Waals surface area contributed by atoms with E-state index < -0.39 is 0 Å². The molecule has 2 aromatic heterocycles. The summed E-state index contributed by atoms with van der Waals surface area (Å²) >= 11 is 1.86. The van der Waals surface area contributed by atoms with Crippen LogP contribution in [0, 0.1) is 0 Å². The van der Waals surface area contributed by atoms with E-state index in [1.165, 1.54) is 0 Å². The predicted molar refractivity (Wildman–Crippen MR) is 82.8 cm³/mol. The molecule has 0 radical (unpaired) electrons. The number of anilines is 1. The van der Waals surface area contributed by atoms with Gasteiger partial charge in [0.25, 0.3) is 5.91 Å². The van der Waals surface area contributed by atoms with Crippen LogP contribution in [0.15, 0.2) is 42.9 Å². The summed E-state index contributed by atoms with van der Waals surface area (Å²) < 4.78 is 5.86. The van der Waals surface area contributed by atoms with Crippen LogP contribution in [0.3, 0.4) is 0 Å². The van der Waals surface area contributed by atoms with Crippen LogP contribution in [-0.4, -0.2) is 33.5 Å². The summed E-state index contributed by atoms with van der Waals surface area (Å²) in [4.78, 5) is 20.5. The molecule has 0 aromatic carbocycles. The van der Waals surface area contributed by atoms with Gasteiger partial charge in [0.1, 0.15) is 11.7 Å². The normalized spacial score (nSPS) is 17.4. The minimum absolute atomic E-state index is 0.136. The van der Waals surface area contributed by atoms with E-state index in [2.05, 4.69) is 15.3 Å². The number of rotatable bonds is 4. The van der Waals surface area contributed by atoms with Gasteiger partial charge >= 0.3 is 0 Å². The lowest BCUT2D eigenvalue weighted by Crippen LogP contribution is -2.20. The zero-order chi connectivity index (χ0) is 14.5. The van der Waals surface area contributed by atoms with E-state index in [1.54, 1.807) is 42.9 Å². The minimum Gasteiger partial charge on any atom is -0.473 e. The number of aromatic nitrogens is 2. The number of amides is 1. The van der Waals surface area contributed by atoms with Crippen molar-refractivity contribution in [3.63, 3.8) is 0 Å². The Morgan fingerprint density at radius 3 is 2.90 bits per heavy atom. The lowest BCUT2D eigenvalue weighted by Gasteiger charge is -2.14. The van der Waals surface area contributed by atoms with Crippen LogP contribution in [0.4, 0.5) is 5.69 Å². The predicted octanol–water partition coefficient (Wildman–Crippen LogP) is 2.61. The second kappa shape index (κ2) is 6.58. The summed E-state index contributed by atoms with van der Waals surface area (Å²) in [6, 6.07) is 6.93. The monoisotopic (exact) mass is 301 g/mol. The number of pyridine rings is 2. The first kappa shape index (κ1) is 13.9. The molecular weight excluding hydrogens is 286 g/mol. The molecule has 2 aromatic rings. The molecule has 1 saturated heterocycles. The highest BCUT2D eigenvalue weighted by Gasteiger charge is 2.21. The van der Waals surface area contributed by atoms with E-state index in [0.29, 0.717) is 17.1 Å². The van der Waals surface area contributed by atoms with Gasteiger partial charge in [-0.3, -0.25) is 9.78 Å². The molecule has 6 heteroatoms. The van der Waals surface area contributed by atoms with Crippen molar-refractivity contribution in [1.29, 1.82) is 0 Å². The number of nitrogens with one attached hydrogen (secondary N) is 1.